The zero-order valence-corrected chi connectivity index (χ0v) is 11.8. The molecule has 0 saturated heterocycles. The van der Waals surface area contributed by atoms with Crippen molar-refractivity contribution in [1.82, 2.24) is 9.88 Å². The Kier molecular flexibility index (Phi) is 3.77. The van der Waals surface area contributed by atoms with Crippen molar-refractivity contribution in [2.75, 3.05) is 6.54 Å². The lowest BCUT2D eigenvalue weighted by Crippen LogP contribution is -2.33. The van der Waals surface area contributed by atoms with Crippen molar-refractivity contribution in [2.24, 2.45) is 0 Å². The van der Waals surface area contributed by atoms with E-state index in [1.54, 1.807) is 18.2 Å². The summed E-state index contributed by atoms with van der Waals surface area (Å²) in [5.74, 6) is -1.49. The number of rotatable bonds is 3. The summed E-state index contributed by atoms with van der Waals surface area (Å²) in [5, 5.41) is 9.02. The van der Waals surface area contributed by atoms with Gasteiger partial charge in [-0.15, -0.1) is 0 Å². The quantitative estimate of drug-likeness (QED) is 0.906. The number of carbonyl (C=O) groups is 1. The minimum absolute atomic E-state index is 0.249. The van der Waals surface area contributed by atoms with Crippen LogP contribution in [0.15, 0.2) is 35.1 Å². The Bertz CT molecular complexity index is 785. The second-order valence-corrected chi connectivity index (χ2v) is 5.37. The van der Waals surface area contributed by atoms with E-state index in [4.69, 9.17) is 5.11 Å². The number of nitrogens with zero attached hydrogens (tertiary/aromatic N) is 1. The van der Waals surface area contributed by atoms with Crippen LogP contribution in [-0.4, -0.2) is 27.5 Å². The molecule has 5 nitrogen and oxygen atoms in total. The average Bonchev–Trinajstić information content (AvgIpc) is 2.49. The van der Waals surface area contributed by atoms with Gasteiger partial charge in [0.15, 0.2) is 0 Å². The van der Waals surface area contributed by atoms with Gasteiger partial charge in [0.1, 0.15) is 11.4 Å². The van der Waals surface area contributed by atoms with Crippen LogP contribution in [0.4, 0.5) is 4.39 Å². The molecule has 0 unspecified atom stereocenters. The summed E-state index contributed by atoms with van der Waals surface area (Å²) in [7, 11) is 0. The van der Waals surface area contributed by atoms with E-state index < -0.39 is 11.5 Å². The number of benzene rings is 1. The number of aromatic carboxylic acids is 1. The van der Waals surface area contributed by atoms with Crippen molar-refractivity contribution in [2.45, 2.75) is 19.5 Å². The number of H-pyrrole nitrogens is 1. The maximum absolute atomic E-state index is 13.7. The van der Waals surface area contributed by atoms with E-state index in [9.17, 15) is 14.0 Å². The Morgan fingerprint density at radius 3 is 2.86 bits per heavy atom. The molecule has 1 aliphatic rings. The fraction of sp³-hybridized carbons (Fsp3) is 0.250. The van der Waals surface area contributed by atoms with Gasteiger partial charge < -0.3 is 10.1 Å². The SMILES string of the molecule is O=C(O)c1cc2c([nH]c1=O)CCN(Cc1ccccc1F)C2. The van der Waals surface area contributed by atoms with Crippen LogP contribution in [0.25, 0.3) is 0 Å². The van der Waals surface area contributed by atoms with Crippen LogP contribution in [-0.2, 0) is 19.5 Å². The molecule has 1 aliphatic heterocycles. The molecule has 6 heteroatoms. The van der Waals surface area contributed by atoms with Crippen LogP contribution < -0.4 is 5.56 Å². The van der Waals surface area contributed by atoms with Crippen molar-refractivity contribution in [1.29, 1.82) is 0 Å². The number of carboxylic acids is 1. The third kappa shape index (κ3) is 2.78. The number of hydrogen-bond donors (Lipinski definition) is 2. The lowest BCUT2D eigenvalue weighted by Gasteiger charge is -2.28. The molecule has 22 heavy (non-hydrogen) atoms. The van der Waals surface area contributed by atoms with Gasteiger partial charge in [-0.05, 0) is 17.7 Å². The summed E-state index contributed by atoms with van der Waals surface area (Å²) in [4.78, 5) is 27.4. The van der Waals surface area contributed by atoms with Gasteiger partial charge in [0.2, 0.25) is 0 Å². The first-order valence-corrected chi connectivity index (χ1v) is 6.98. The lowest BCUT2D eigenvalue weighted by molar-refractivity contribution is 0.0694. The molecule has 0 aliphatic carbocycles. The first kappa shape index (κ1) is 14.5. The third-order valence-corrected chi connectivity index (χ3v) is 3.87. The molecule has 0 spiro atoms. The molecule has 1 aromatic carbocycles. The summed E-state index contributed by atoms with van der Waals surface area (Å²) in [6.07, 6.45) is 0.610. The van der Waals surface area contributed by atoms with Gasteiger partial charge in [-0.25, -0.2) is 9.18 Å². The predicted molar refractivity (Wildman–Crippen MR) is 78.2 cm³/mol. The molecular weight excluding hydrogens is 287 g/mol. The number of nitrogens with one attached hydrogen (secondary N) is 1. The summed E-state index contributed by atoms with van der Waals surface area (Å²) < 4.78 is 13.7. The summed E-state index contributed by atoms with van der Waals surface area (Å²) >= 11 is 0. The van der Waals surface area contributed by atoms with E-state index >= 15 is 0 Å². The van der Waals surface area contributed by atoms with Crippen molar-refractivity contribution in [3.05, 3.63) is 68.9 Å². The molecule has 2 aromatic rings. The standard InChI is InChI=1S/C16H15FN2O3/c17-13-4-2-1-3-10(13)8-19-6-5-14-11(9-19)7-12(16(21)22)15(20)18-14/h1-4,7H,5-6,8-9H2,(H,18,20)(H,21,22). The summed E-state index contributed by atoms with van der Waals surface area (Å²) in [6, 6.07) is 8.02. The minimum Gasteiger partial charge on any atom is -0.477 e. The minimum atomic E-state index is -1.24. The van der Waals surface area contributed by atoms with Crippen LogP contribution in [0.2, 0.25) is 0 Å². The van der Waals surface area contributed by atoms with Crippen molar-refractivity contribution in [3.63, 3.8) is 0 Å². The Morgan fingerprint density at radius 1 is 1.36 bits per heavy atom. The van der Waals surface area contributed by atoms with Crippen LogP contribution in [0.1, 0.15) is 27.2 Å². The van der Waals surface area contributed by atoms with E-state index in [0.29, 0.717) is 31.6 Å². The molecule has 1 aromatic heterocycles. The van der Waals surface area contributed by atoms with Crippen LogP contribution in [0.3, 0.4) is 0 Å². The number of aromatic nitrogens is 1. The predicted octanol–water partition coefficient (Wildman–Crippen LogP) is 1.77. The van der Waals surface area contributed by atoms with E-state index in [2.05, 4.69) is 4.98 Å². The number of halogens is 1. The van der Waals surface area contributed by atoms with E-state index in [-0.39, 0.29) is 11.4 Å². The summed E-state index contributed by atoms with van der Waals surface area (Å²) in [5.41, 5.74) is 1.31. The Morgan fingerprint density at radius 2 is 2.14 bits per heavy atom. The maximum Gasteiger partial charge on any atom is 0.341 e. The molecule has 114 valence electrons. The summed E-state index contributed by atoms with van der Waals surface area (Å²) in [6.45, 7) is 1.62. The van der Waals surface area contributed by atoms with Gasteiger partial charge in [-0.1, -0.05) is 18.2 Å². The van der Waals surface area contributed by atoms with Gasteiger partial charge in [0, 0.05) is 37.3 Å². The van der Waals surface area contributed by atoms with E-state index in [1.165, 1.54) is 12.1 Å². The fourth-order valence-corrected chi connectivity index (χ4v) is 2.73. The smallest absolute Gasteiger partial charge is 0.341 e. The number of hydrogen-bond acceptors (Lipinski definition) is 3. The first-order chi connectivity index (χ1) is 10.5. The molecule has 2 N–H and O–H groups in total. The lowest BCUT2D eigenvalue weighted by atomic mass is 10.0. The molecular formula is C16H15FN2O3. The van der Waals surface area contributed by atoms with Crippen molar-refractivity contribution >= 4 is 5.97 Å². The normalized spacial score (nSPS) is 14.6. The van der Waals surface area contributed by atoms with E-state index in [0.717, 1.165) is 11.3 Å². The zero-order valence-electron chi connectivity index (χ0n) is 11.8. The molecule has 0 amide bonds. The van der Waals surface area contributed by atoms with Crippen LogP contribution in [0, 0.1) is 5.82 Å². The van der Waals surface area contributed by atoms with Crippen molar-refractivity contribution < 1.29 is 14.3 Å². The molecule has 0 radical (unpaired) electrons. The Labute approximate surface area is 126 Å². The second kappa shape index (κ2) is 5.73. The number of aromatic amines is 1. The second-order valence-electron chi connectivity index (χ2n) is 5.37. The molecule has 2 heterocycles. The zero-order chi connectivity index (χ0) is 15.7. The maximum atomic E-state index is 13.7. The van der Waals surface area contributed by atoms with Crippen molar-refractivity contribution in [3.8, 4) is 0 Å². The monoisotopic (exact) mass is 302 g/mol. The highest BCUT2D eigenvalue weighted by atomic mass is 19.1. The first-order valence-electron chi connectivity index (χ1n) is 6.98. The number of fused-ring (bicyclic) bond motifs is 1. The van der Waals surface area contributed by atoms with Gasteiger partial charge in [0.25, 0.3) is 5.56 Å². The highest BCUT2D eigenvalue weighted by Crippen LogP contribution is 2.19. The van der Waals surface area contributed by atoms with Gasteiger partial charge in [-0.2, -0.15) is 0 Å². The average molecular weight is 302 g/mol. The van der Waals surface area contributed by atoms with E-state index in [1.807, 2.05) is 4.90 Å². The van der Waals surface area contributed by atoms with Gasteiger partial charge in [-0.3, -0.25) is 9.69 Å². The number of carboxylic acid groups (broad SMARTS) is 1. The van der Waals surface area contributed by atoms with Gasteiger partial charge in [0.05, 0.1) is 0 Å². The molecule has 0 saturated carbocycles. The largest absolute Gasteiger partial charge is 0.477 e. The Hall–Kier alpha value is -2.47. The Balaban J connectivity index is 1.84. The third-order valence-electron chi connectivity index (χ3n) is 3.87. The highest BCUT2D eigenvalue weighted by molar-refractivity contribution is 5.87. The fourth-order valence-electron chi connectivity index (χ4n) is 2.73. The molecule has 3 rings (SSSR count). The van der Waals surface area contributed by atoms with Crippen LogP contribution >= 0.6 is 0 Å². The molecule has 0 bridgehead atoms. The molecule has 0 fully saturated rings. The topological polar surface area (TPSA) is 73.4 Å². The number of pyridine rings is 1. The van der Waals surface area contributed by atoms with Crippen LogP contribution in [0.5, 0.6) is 0 Å². The van der Waals surface area contributed by atoms with Gasteiger partial charge >= 0.3 is 5.97 Å². The highest BCUT2D eigenvalue weighted by Gasteiger charge is 2.21. The molecule has 0 atom stereocenters.